The summed E-state index contributed by atoms with van der Waals surface area (Å²) in [4.78, 5) is 24.1. The molecule has 112 valence electrons. The molecule has 2 rings (SSSR count). The fourth-order valence-corrected chi connectivity index (χ4v) is 1.85. The Kier molecular flexibility index (Phi) is 5.49. The smallest absolute Gasteiger partial charge is 0.339 e. The normalized spacial score (nSPS) is 9.82. The number of carbonyl (C=O) groups is 2. The maximum absolute atomic E-state index is 12.2. The van der Waals surface area contributed by atoms with E-state index < -0.39 is 11.9 Å². The van der Waals surface area contributed by atoms with E-state index >= 15 is 0 Å². The quantitative estimate of drug-likeness (QED) is 0.605. The number of esters is 2. The van der Waals surface area contributed by atoms with Crippen LogP contribution in [-0.4, -0.2) is 18.5 Å². The third-order valence-electron chi connectivity index (χ3n) is 2.91. The molecule has 0 aliphatic rings. The predicted octanol–water partition coefficient (Wildman–Crippen LogP) is 3.39. The lowest BCUT2D eigenvalue weighted by Gasteiger charge is -2.09. The van der Waals surface area contributed by atoms with Gasteiger partial charge in [0.15, 0.2) is 0 Å². The highest BCUT2D eigenvalue weighted by Crippen LogP contribution is 2.13. The molecule has 0 bridgehead atoms. The van der Waals surface area contributed by atoms with Crippen molar-refractivity contribution in [2.75, 3.05) is 6.61 Å². The molecule has 0 aliphatic carbocycles. The minimum absolute atomic E-state index is 0.0895. The Morgan fingerprint density at radius 2 is 1.41 bits per heavy atom. The van der Waals surface area contributed by atoms with E-state index in [0.717, 1.165) is 5.56 Å². The van der Waals surface area contributed by atoms with Gasteiger partial charge in [-0.3, -0.25) is 0 Å². The molecule has 0 spiro atoms. The summed E-state index contributed by atoms with van der Waals surface area (Å²) in [6, 6.07) is 15.7. The molecule has 0 fully saturated rings. The summed E-state index contributed by atoms with van der Waals surface area (Å²) in [6.45, 7) is 3.72. The zero-order valence-corrected chi connectivity index (χ0v) is 12.0. The van der Waals surface area contributed by atoms with Gasteiger partial charge in [-0.1, -0.05) is 55.1 Å². The molecule has 4 nitrogen and oxygen atoms in total. The van der Waals surface area contributed by atoms with Gasteiger partial charge in [-0.2, -0.15) is 0 Å². The van der Waals surface area contributed by atoms with Crippen LogP contribution in [0.3, 0.4) is 0 Å². The van der Waals surface area contributed by atoms with E-state index in [1.807, 2.05) is 30.3 Å². The zero-order chi connectivity index (χ0) is 15.8. The average Bonchev–Trinajstić information content (AvgIpc) is 2.58. The lowest BCUT2D eigenvalue weighted by molar-refractivity contribution is 0.0450. The molecule has 0 N–H and O–H groups in total. The lowest BCUT2D eigenvalue weighted by atomic mass is 10.1. The first kappa shape index (κ1) is 15.5. The second-order valence-electron chi connectivity index (χ2n) is 4.49. The van der Waals surface area contributed by atoms with Crippen LogP contribution in [0, 0.1) is 0 Å². The fourth-order valence-electron chi connectivity index (χ4n) is 1.85. The van der Waals surface area contributed by atoms with Crippen molar-refractivity contribution < 1.29 is 19.1 Å². The standard InChI is InChI=1S/C18H16O4/c1-2-12-21-17(19)15-10-6-7-11-16(15)18(20)22-13-14-8-4-3-5-9-14/h2-11H,1,12-13H2. The third kappa shape index (κ3) is 4.06. The van der Waals surface area contributed by atoms with E-state index in [1.165, 1.54) is 18.2 Å². The number of rotatable bonds is 6. The summed E-state index contributed by atoms with van der Waals surface area (Å²) in [7, 11) is 0. The molecule has 22 heavy (non-hydrogen) atoms. The Morgan fingerprint density at radius 1 is 0.864 bits per heavy atom. The van der Waals surface area contributed by atoms with Crippen LogP contribution in [0.2, 0.25) is 0 Å². The van der Waals surface area contributed by atoms with Gasteiger partial charge in [0.05, 0.1) is 11.1 Å². The van der Waals surface area contributed by atoms with Gasteiger partial charge in [0.2, 0.25) is 0 Å². The molecule has 0 atom stereocenters. The molecule has 0 aromatic heterocycles. The summed E-state index contributed by atoms with van der Waals surface area (Å²) in [6.07, 6.45) is 1.47. The van der Waals surface area contributed by atoms with Crippen molar-refractivity contribution in [3.05, 3.63) is 83.9 Å². The maximum atomic E-state index is 12.2. The molecule has 0 heterocycles. The molecular weight excluding hydrogens is 280 g/mol. The van der Waals surface area contributed by atoms with Crippen molar-refractivity contribution in [1.82, 2.24) is 0 Å². The monoisotopic (exact) mass is 296 g/mol. The van der Waals surface area contributed by atoms with Crippen molar-refractivity contribution in [2.24, 2.45) is 0 Å². The first-order valence-corrected chi connectivity index (χ1v) is 6.80. The zero-order valence-electron chi connectivity index (χ0n) is 12.0. The van der Waals surface area contributed by atoms with Gasteiger partial charge in [-0.15, -0.1) is 0 Å². The van der Waals surface area contributed by atoms with Gasteiger partial charge in [-0.25, -0.2) is 9.59 Å². The Balaban J connectivity index is 2.09. The van der Waals surface area contributed by atoms with Crippen molar-refractivity contribution in [3.8, 4) is 0 Å². The van der Waals surface area contributed by atoms with Crippen LogP contribution < -0.4 is 0 Å². The topological polar surface area (TPSA) is 52.6 Å². The Bertz CT molecular complexity index is 662. The highest BCUT2D eigenvalue weighted by Gasteiger charge is 2.18. The first-order chi connectivity index (χ1) is 10.7. The minimum Gasteiger partial charge on any atom is -0.458 e. The Hall–Kier alpha value is -2.88. The van der Waals surface area contributed by atoms with E-state index in [4.69, 9.17) is 9.47 Å². The van der Waals surface area contributed by atoms with Crippen molar-refractivity contribution >= 4 is 11.9 Å². The van der Waals surface area contributed by atoms with E-state index in [1.54, 1.807) is 12.1 Å². The van der Waals surface area contributed by atoms with E-state index in [-0.39, 0.29) is 24.3 Å². The lowest BCUT2D eigenvalue weighted by Crippen LogP contribution is -2.14. The molecular formula is C18H16O4. The van der Waals surface area contributed by atoms with E-state index in [9.17, 15) is 9.59 Å². The molecule has 2 aromatic rings. The largest absolute Gasteiger partial charge is 0.458 e. The summed E-state index contributed by atoms with van der Waals surface area (Å²) in [5.74, 6) is -1.14. The van der Waals surface area contributed by atoms with Crippen LogP contribution in [-0.2, 0) is 16.1 Å². The maximum Gasteiger partial charge on any atom is 0.339 e. The number of hydrogen-bond donors (Lipinski definition) is 0. The van der Waals surface area contributed by atoms with E-state index in [2.05, 4.69) is 6.58 Å². The van der Waals surface area contributed by atoms with Gasteiger partial charge < -0.3 is 9.47 Å². The number of ether oxygens (including phenoxy) is 2. The van der Waals surface area contributed by atoms with E-state index in [0.29, 0.717) is 0 Å². The summed E-state index contributed by atoms with van der Waals surface area (Å²) in [5, 5.41) is 0. The predicted molar refractivity (Wildman–Crippen MR) is 82.5 cm³/mol. The van der Waals surface area contributed by atoms with Crippen LogP contribution in [0.1, 0.15) is 26.3 Å². The minimum atomic E-state index is -0.577. The van der Waals surface area contributed by atoms with Gasteiger partial charge in [0.25, 0.3) is 0 Å². The van der Waals surface area contributed by atoms with Gasteiger partial charge in [0.1, 0.15) is 13.2 Å². The molecule has 0 amide bonds. The molecule has 2 aromatic carbocycles. The van der Waals surface area contributed by atoms with Crippen LogP contribution in [0.5, 0.6) is 0 Å². The van der Waals surface area contributed by atoms with Crippen molar-refractivity contribution in [2.45, 2.75) is 6.61 Å². The molecule has 0 aliphatic heterocycles. The van der Waals surface area contributed by atoms with Crippen LogP contribution in [0.4, 0.5) is 0 Å². The molecule has 0 saturated heterocycles. The molecule has 0 unspecified atom stereocenters. The van der Waals surface area contributed by atoms with Crippen molar-refractivity contribution in [3.63, 3.8) is 0 Å². The second kappa shape index (κ2) is 7.78. The van der Waals surface area contributed by atoms with Gasteiger partial charge >= 0.3 is 11.9 Å². The average molecular weight is 296 g/mol. The summed E-state index contributed by atoms with van der Waals surface area (Å²) in [5.41, 5.74) is 1.25. The second-order valence-corrected chi connectivity index (χ2v) is 4.49. The van der Waals surface area contributed by atoms with Crippen molar-refractivity contribution in [1.29, 1.82) is 0 Å². The number of carbonyl (C=O) groups excluding carboxylic acids is 2. The van der Waals surface area contributed by atoms with Gasteiger partial charge in [-0.05, 0) is 17.7 Å². The Labute approximate surface area is 129 Å². The van der Waals surface area contributed by atoms with Crippen LogP contribution in [0.25, 0.3) is 0 Å². The molecule has 0 radical (unpaired) electrons. The molecule has 4 heteroatoms. The number of benzene rings is 2. The fraction of sp³-hybridized carbons (Fsp3) is 0.111. The first-order valence-electron chi connectivity index (χ1n) is 6.80. The highest BCUT2D eigenvalue weighted by atomic mass is 16.5. The summed E-state index contributed by atoms with van der Waals surface area (Å²) >= 11 is 0. The van der Waals surface area contributed by atoms with Gasteiger partial charge in [0, 0.05) is 0 Å². The van der Waals surface area contributed by atoms with Crippen LogP contribution in [0.15, 0.2) is 67.3 Å². The SMILES string of the molecule is C=CCOC(=O)c1ccccc1C(=O)OCc1ccccc1. The third-order valence-corrected chi connectivity index (χ3v) is 2.91. The molecule has 0 saturated carbocycles. The van der Waals surface area contributed by atoms with Crippen LogP contribution >= 0.6 is 0 Å². The number of hydrogen-bond acceptors (Lipinski definition) is 4. The highest BCUT2D eigenvalue weighted by molar-refractivity contribution is 6.03. The summed E-state index contributed by atoms with van der Waals surface area (Å²) < 4.78 is 10.2. The Morgan fingerprint density at radius 3 is 2.00 bits per heavy atom.